The molecular weight excluding hydrogens is 364 g/mol. The molecule has 5 nitrogen and oxygen atoms in total. The average Bonchev–Trinajstić information content (AvgIpc) is 3.19. The van der Waals surface area contributed by atoms with Gasteiger partial charge in [0.1, 0.15) is 12.4 Å². The van der Waals surface area contributed by atoms with Gasteiger partial charge >= 0.3 is 0 Å². The smallest absolute Gasteiger partial charge is 0.257 e. The number of nitrogens with zero attached hydrogens (tertiary/aromatic N) is 1. The number of pyridine rings is 1. The number of halogens is 1. The molecule has 0 unspecified atom stereocenters. The summed E-state index contributed by atoms with van der Waals surface area (Å²) in [7, 11) is 0. The number of nitrogens with one attached hydrogen (secondary N) is 1. The lowest BCUT2D eigenvalue weighted by Crippen LogP contribution is -2.16. The fourth-order valence-corrected chi connectivity index (χ4v) is 3.38. The summed E-state index contributed by atoms with van der Waals surface area (Å²) < 4.78 is 11.4. The highest BCUT2D eigenvalue weighted by atomic mass is 35.5. The van der Waals surface area contributed by atoms with Crippen molar-refractivity contribution in [3.05, 3.63) is 65.3 Å². The monoisotopic (exact) mass is 382 g/mol. The van der Waals surface area contributed by atoms with E-state index in [1.807, 2.05) is 30.3 Å². The normalized spacial score (nSPS) is 16.4. The van der Waals surface area contributed by atoms with Gasteiger partial charge in [0, 0.05) is 35.0 Å². The number of hydrogen-bond donors (Lipinski definition) is 1. The Morgan fingerprint density at radius 3 is 3.04 bits per heavy atom. The van der Waals surface area contributed by atoms with E-state index in [1.165, 1.54) is 0 Å². The van der Waals surface area contributed by atoms with Gasteiger partial charge in [0.05, 0.1) is 17.2 Å². The quantitative estimate of drug-likeness (QED) is 0.694. The summed E-state index contributed by atoms with van der Waals surface area (Å²) in [6.45, 7) is 1.31. The molecule has 1 aromatic heterocycles. The summed E-state index contributed by atoms with van der Waals surface area (Å²) in [4.78, 5) is 17.1. The molecule has 3 aromatic rings. The molecule has 0 aliphatic carbocycles. The van der Waals surface area contributed by atoms with Crippen molar-refractivity contribution in [3.63, 3.8) is 0 Å². The highest BCUT2D eigenvalue weighted by molar-refractivity contribution is 6.32. The predicted molar refractivity (Wildman–Crippen MR) is 106 cm³/mol. The van der Waals surface area contributed by atoms with Gasteiger partial charge in [-0.1, -0.05) is 23.7 Å². The molecular formula is C21H19ClN2O3. The van der Waals surface area contributed by atoms with Gasteiger partial charge in [-0.25, -0.2) is 0 Å². The minimum Gasteiger partial charge on any atom is -0.491 e. The number of hydrogen-bond acceptors (Lipinski definition) is 4. The maximum Gasteiger partial charge on any atom is 0.257 e. The van der Waals surface area contributed by atoms with Crippen LogP contribution in [0.2, 0.25) is 5.02 Å². The number of aromatic nitrogens is 1. The van der Waals surface area contributed by atoms with E-state index < -0.39 is 0 Å². The van der Waals surface area contributed by atoms with Gasteiger partial charge < -0.3 is 14.8 Å². The largest absolute Gasteiger partial charge is 0.491 e. The molecule has 2 heterocycles. The number of carbonyl (C=O) groups excluding carboxylic acids is 1. The van der Waals surface area contributed by atoms with Crippen molar-refractivity contribution < 1.29 is 14.3 Å². The van der Waals surface area contributed by atoms with E-state index in [4.69, 9.17) is 21.1 Å². The average molecular weight is 383 g/mol. The van der Waals surface area contributed by atoms with Crippen LogP contribution < -0.4 is 10.1 Å². The van der Waals surface area contributed by atoms with Crippen LogP contribution in [0.5, 0.6) is 5.75 Å². The molecule has 1 saturated heterocycles. The van der Waals surface area contributed by atoms with E-state index in [0.29, 0.717) is 34.1 Å². The Morgan fingerprint density at radius 2 is 2.19 bits per heavy atom. The maximum atomic E-state index is 12.8. The van der Waals surface area contributed by atoms with Crippen LogP contribution in [0.25, 0.3) is 10.9 Å². The van der Waals surface area contributed by atoms with Crippen LogP contribution >= 0.6 is 11.6 Å². The van der Waals surface area contributed by atoms with E-state index >= 15 is 0 Å². The standard InChI is InChI=1S/C21H19ClN2O3/c22-15-10-14-4-2-8-23-20(14)19(11-15)21(25)24-16-5-1-6-17(12-16)27-13-18-7-3-9-26-18/h1-2,4-6,8,10-12,18H,3,7,9,13H2,(H,24,25)/t18-/m0/s1. The number of carbonyl (C=O) groups is 1. The minimum atomic E-state index is -0.266. The van der Waals surface area contributed by atoms with Crippen molar-refractivity contribution in [2.45, 2.75) is 18.9 Å². The Labute approximate surface area is 162 Å². The summed E-state index contributed by atoms with van der Waals surface area (Å²) >= 11 is 6.16. The van der Waals surface area contributed by atoms with Crippen LogP contribution in [0.3, 0.4) is 0 Å². The van der Waals surface area contributed by atoms with Crippen LogP contribution in [-0.4, -0.2) is 30.2 Å². The highest BCUT2D eigenvalue weighted by Gasteiger charge is 2.16. The summed E-state index contributed by atoms with van der Waals surface area (Å²) in [6, 6.07) is 14.4. The van der Waals surface area contributed by atoms with Gasteiger partial charge in [-0.15, -0.1) is 0 Å². The Morgan fingerprint density at radius 1 is 1.26 bits per heavy atom. The highest BCUT2D eigenvalue weighted by Crippen LogP contribution is 2.24. The van der Waals surface area contributed by atoms with Crippen molar-refractivity contribution in [1.82, 2.24) is 4.98 Å². The summed E-state index contributed by atoms with van der Waals surface area (Å²) in [5.41, 5.74) is 1.70. The van der Waals surface area contributed by atoms with Gasteiger partial charge in [-0.3, -0.25) is 9.78 Å². The summed E-state index contributed by atoms with van der Waals surface area (Å²) in [6.07, 6.45) is 3.90. The SMILES string of the molecule is O=C(Nc1cccc(OC[C@@H]2CCCO2)c1)c1cc(Cl)cc2cccnc12. The molecule has 0 bridgehead atoms. The van der Waals surface area contributed by atoms with Crippen molar-refractivity contribution in [2.75, 3.05) is 18.5 Å². The van der Waals surface area contributed by atoms with Crippen LogP contribution in [-0.2, 0) is 4.74 Å². The molecule has 4 rings (SSSR count). The van der Waals surface area contributed by atoms with E-state index in [-0.39, 0.29) is 12.0 Å². The van der Waals surface area contributed by atoms with Gasteiger partial charge in [0.15, 0.2) is 0 Å². The van der Waals surface area contributed by atoms with E-state index in [0.717, 1.165) is 24.8 Å². The zero-order chi connectivity index (χ0) is 18.6. The zero-order valence-corrected chi connectivity index (χ0v) is 15.4. The zero-order valence-electron chi connectivity index (χ0n) is 14.7. The first-order valence-corrected chi connectivity index (χ1v) is 9.27. The van der Waals surface area contributed by atoms with E-state index in [1.54, 1.807) is 24.4 Å². The minimum absolute atomic E-state index is 0.146. The first kappa shape index (κ1) is 17.8. The lowest BCUT2D eigenvalue weighted by Gasteiger charge is -2.13. The topological polar surface area (TPSA) is 60.5 Å². The molecule has 1 aliphatic rings. The van der Waals surface area contributed by atoms with Crippen LogP contribution in [0.1, 0.15) is 23.2 Å². The molecule has 1 aliphatic heterocycles. The second-order valence-electron chi connectivity index (χ2n) is 6.46. The van der Waals surface area contributed by atoms with E-state index in [2.05, 4.69) is 10.3 Å². The van der Waals surface area contributed by atoms with Crippen molar-refractivity contribution >= 4 is 34.1 Å². The van der Waals surface area contributed by atoms with Gasteiger partial charge in [-0.2, -0.15) is 0 Å². The number of rotatable bonds is 5. The predicted octanol–water partition coefficient (Wildman–Crippen LogP) is 4.70. The maximum absolute atomic E-state index is 12.8. The van der Waals surface area contributed by atoms with Crippen LogP contribution in [0, 0.1) is 0 Å². The van der Waals surface area contributed by atoms with Crippen LogP contribution in [0.15, 0.2) is 54.7 Å². The Bertz CT molecular complexity index is 971. The first-order chi connectivity index (χ1) is 13.2. The molecule has 1 fully saturated rings. The fraction of sp³-hybridized carbons (Fsp3) is 0.238. The number of amides is 1. The Kier molecular flexibility index (Phi) is 5.23. The van der Waals surface area contributed by atoms with Crippen molar-refractivity contribution in [3.8, 4) is 5.75 Å². The molecule has 0 saturated carbocycles. The van der Waals surface area contributed by atoms with Crippen molar-refractivity contribution in [2.24, 2.45) is 0 Å². The van der Waals surface area contributed by atoms with Crippen LogP contribution in [0.4, 0.5) is 5.69 Å². The molecule has 1 N–H and O–H groups in total. The lowest BCUT2D eigenvalue weighted by molar-refractivity contribution is 0.0680. The summed E-state index contributed by atoms with van der Waals surface area (Å²) in [5, 5.41) is 4.21. The number of fused-ring (bicyclic) bond motifs is 1. The first-order valence-electron chi connectivity index (χ1n) is 8.89. The van der Waals surface area contributed by atoms with Gasteiger partial charge in [-0.05, 0) is 43.2 Å². The molecule has 27 heavy (non-hydrogen) atoms. The molecule has 1 amide bonds. The van der Waals surface area contributed by atoms with Crippen molar-refractivity contribution in [1.29, 1.82) is 0 Å². The molecule has 1 atom stereocenters. The molecule has 2 aromatic carbocycles. The molecule has 0 spiro atoms. The Balaban J connectivity index is 1.50. The second-order valence-corrected chi connectivity index (χ2v) is 6.89. The van der Waals surface area contributed by atoms with Gasteiger partial charge in [0.25, 0.3) is 5.91 Å². The fourth-order valence-electron chi connectivity index (χ4n) is 3.16. The van der Waals surface area contributed by atoms with E-state index in [9.17, 15) is 4.79 Å². The third kappa shape index (κ3) is 4.21. The molecule has 138 valence electrons. The summed E-state index contributed by atoms with van der Waals surface area (Å²) in [5.74, 6) is 0.426. The van der Waals surface area contributed by atoms with Gasteiger partial charge in [0.2, 0.25) is 0 Å². The Hall–Kier alpha value is -2.63. The lowest BCUT2D eigenvalue weighted by atomic mass is 10.1. The molecule has 6 heteroatoms. The number of benzene rings is 2. The second kappa shape index (κ2) is 7.94. The third-order valence-corrected chi connectivity index (χ3v) is 4.68. The molecule has 0 radical (unpaired) electrons. The number of anilines is 1. The number of ether oxygens (including phenoxy) is 2. The third-order valence-electron chi connectivity index (χ3n) is 4.47.